The van der Waals surface area contributed by atoms with E-state index in [-0.39, 0.29) is 0 Å². The zero-order chi connectivity index (χ0) is 10.7. The van der Waals surface area contributed by atoms with E-state index in [1.54, 1.807) is 0 Å². The van der Waals surface area contributed by atoms with Crippen LogP contribution in [0.4, 0.5) is 0 Å². The van der Waals surface area contributed by atoms with E-state index in [0.29, 0.717) is 12.0 Å². The van der Waals surface area contributed by atoms with Crippen LogP contribution in [-0.2, 0) is 10.8 Å². The normalized spacial score (nSPS) is 35.5. The summed E-state index contributed by atoms with van der Waals surface area (Å²) in [5.74, 6) is 2.41. The van der Waals surface area contributed by atoms with Gasteiger partial charge in [-0.25, -0.2) is 0 Å². The molecule has 1 aliphatic carbocycles. The van der Waals surface area contributed by atoms with Gasteiger partial charge in [0.1, 0.15) is 0 Å². The monoisotopic (exact) mass is 230 g/mol. The third-order valence-corrected chi connectivity index (χ3v) is 5.01. The summed E-state index contributed by atoms with van der Waals surface area (Å²) in [6, 6.07) is 0.408. The maximum atomic E-state index is 11.2. The highest BCUT2D eigenvalue weighted by Crippen LogP contribution is 2.24. The van der Waals surface area contributed by atoms with Gasteiger partial charge in [0.05, 0.1) is 0 Å². The zero-order valence-corrected chi connectivity index (χ0v) is 10.2. The molecule has 2 fully saturated rings. The third kappa shape index (κ3) is 3.26. The minimum Gasteiger partial charge on any atom is -0.327 e. The predicted molar refractivity (Wildman–Crippen MR) is 64.2 cm³/mol. The molecule has 0 aromatic rings. The van der Waals surface area contributed by atoms with Crippen molar-refractivity contribution in [1.82, 2.24) is 4.90 Å². The van der Waals surface area contributed by atoms with E-state index in [4.69, 9.17) is 5.73 Å². The largest absolute Gasteiger partial charge is 0.327 e. The van der Waals surface area contributed by atoms with Crippen LogP contribution < -0.4 is 5.73 Å². The Morgan fingerprint density at radius 1 is 1.20 bits per heavy atom. The van der Waals surface area contributed by atoms with Crippen LogP contribution >= 0.6 is 0 Å². The van der Waals surface area contributed by atoms with Gasteiger partial charge in [0.2, 0.25) is 0 Å². The van der Waals surface area contributed by atoms with Gasteiger partial charge in [-0.1, -0.05) is 12.8 Å². The Kier molecular flexibility index (Phi) is 4.17. The molecule has 2 unspecified atom stereocenters. The molecule has 2 atom stereocenters. The van der Waals surface area contributed by atoms with Gasteiger partial charge >= 0.3 is 0 Å². The number of rotatable bonds is 2. The predicted octanol–water partition coefficient (Wildman–Crippen LogP) is 0.568. The molecular weight excluding hydrogens is 208 g/mol. The minimum absolute atomic E-state index is 0.408. The van der Waals surface area contributed by atoms with E-state index in [9.17, 15) is 4.21 Å². The summed E-state index contributed by atoms with van der Waals surface area (Å²) in [6.45, 7) is 3.16. The molecule has 0 aromatic heterocycles. The van der Waals surface area contributed by atoms with Gasteiger partial charge in [0.25, 0.3) is 0 Å². The molecule has 1 heterocycles. The average Bonchev–Trinajstić information content (AvgIpc) is 2.25. The Balaban J connectivity index is 1.78. The molecule has 0 amide bonds. The molecular formula is C11H22N2OS. The quantitative estimate of drug-likeness (QED) is 0.754. The van der Waals surface area contributed by atoms with Crippen molar-refractivity contribution in [2.45, 2.75) is 31.7 Å². The van der Waals surface area contributed by atoms with Crippen molar-refractivity contribution in [3.63, 3.8) is 0 Å². The van der Waals surface area contributed by atoms with E-state index in [2.05, 4.69) is 4.90 Å². The van der Waals surface area contributed by atoms with Crippen LogP contribution in [0.25, 0.3) is 0 Å². The van der Waals surface area contributed by atoms with Gasteiger partial charge < -0.3 is 10.6 Å². The molecule has 2 rings (SSSR count). The van der Waals surface area contributed by atoms with Gasteiger partial charge in [-0.15, -0.1) is 0 Å². The molecule has 15 heavy (non-hydrogen) atoms. The van der Waals surface area contributed by atoms with E-state index in [0.717, 1.165) is 31.1 Å². The van der Waals surface area contributed by atoms with Crippen LogP contribution in [0.5, 0.6) is 0 Å². The maximum Gasteiger partial charge on any atom is 0.0363 e. The van der Waals surface area contributed by atoms with E-state index in [1.807, 2.05) is 0 Å². The lowest BCUT2D eigenvalue weighted by molar-refractivity contribution is 0.195. The minimum atomic E-state index is -0.549. The highest BCUT2D eigenvalue weighted by atomic mass is 32.2. The summed E-state index contributed by atoms with van der Waals surface area (Å²) in [5, 5.41) is 0. The van der Waals surface area contributed by atoms with Crippen molar-refractivity contribution in [3.8, 4) is 0 Å². The fourth-order valence-corrected chi connectivity index (χ4v) is 3.78. The van der Waals surface area contributed by atoms with Crippen LogP contribution in [0.3, 0.4) is 0 Å². The first-order valence-electron chi connectivity index (χ1n) is 6.08. The van der Waals surface area contributed by atoms with Gasteiger partial charge in [-0.2, -0.15) is 0 Å². The standard InChI is InChI=1S/C11H22N2OS/c12-11-4-2-1-3-10(11)9-13-5-7-15(14)8-6-13/h10-11H,1-9,12H2. The second kappa shape index (κ2) is 5.41. The van der Waals surface area contributed by atoms with Gasteiger partial charge in [0, 0.05) is 48.0 Å². The molecule has 0 aromatic carbocycles. The smallest absolute Gasteiger partial charge is 0.0363 e. The van der Waals surface area contributed by atoms with Crippen LogP contribution in [0, 0.1) is 5.92 Å². The first-order chi connectivity index (χ1) is 7.25. The Morgan fingerprint density at radius 2 is 1.87 bits per heavy atom. The van der Waals surface area contributed by atoms with Gasteiger partial charge in [-0.3, -0.25) is 4.21 Å². The fourth-order valence-electron chi connectivity index (χ4n) is 2.65. The number of nitrogens with two attached hydrogens (primary N) is 1. The summed E-state index contributed by atoms with van der Waals surface area (Å²) >= 11 is 0. The van der Waals surface area contributed by atoms with E-state index >= 15 is 0 Å². The lowest BCUT2D eigenvalue weighted by atomic mass is 9.85. The van der Waals surface area contributed by atoms with Crippen LogP contribution in [0.1, 0.15) is 25.7 Å². The first-order valence-corrected chi connectivity index (χ1v) is 7.57. The van der Waals surface area contributed by atoms with Gasteiger partial charge in [-0.05, 0) is 18.8 Å². The van der Waals surface area contributed by atoms with Crippen molar-refractivity contribution < 1.29 is 4.21 Å². The maximum absolute atomic E-state index is 11.2. The molecule has 0 bridgehead atoms. The van der Waals surface area contributed by atoms with Crippen molar-refractivity contribution in [2.75, 3.05) is 31.1 Å². The van der Waals surface area contributed by atoms with E-state index in [1.165, 1.54) is 25.7 Å². The Bertz CT molecular complexity index is 225. The van der Waals surface area contributed by atoms with Gasteiger partial charge in [0.15, 0.2) is 0 Å². The third-order valence-electron chi connectivity index (χ3n) is 3.73. The number of hydrogen-bond donors (Lipinski definition) is 1. The zero-order valence-electron chi connectivity index (χ0n) is 9.36. The molecule has 0 spiro atoms. The fraction of sp³-hybridized carbons (Fsp3) is 1.00. The molecule has 88 valence electrons. The SMILES string of the molecule is NC1CCCCC1CN1CCS(=O)CC1. The Hall–Kier alpha value is 0.0700. The van der Waals surface area contributed by atoms with Crippen molar-refractivity contribution in [1.29, 1.82) is 0 Å². The Morgan fingerprint density at radius 3 is 2.53 bits per heavy atom. The second-order valence-electron chi connectivity index (χ2n) is 4.86. The molecule has 4 heteroatoms. The van der Waals surface area contributed by atoms with Crippen LogP contribution in [-0.4, -0.2) is 46.3 Å². The molecule has 3 nitrogen and oxygen atoms in total. The highest BCUT2D eigenvalue weighted by Gasteiger charge is 2.25. The molecule has 1 aliphatic heterocycles. The summed E-state index contributed by atoms with van der Waals surface area (Å²) < 4.78 is 11.2. The number of nitrogens with zero attached hydrogens (tertiary/aromatic N) is 1. The average molecular weight is 230 g/mol. The first kappa shape index (κ1) is 11.6. The molecule has 1 saturated carbocycles. The van der Waals surface area contributed by atoms with Crippen LogP contribution in [0.2, 0.25) is 0 Å². The summed E-state index contributed by atoms with van der Waals surface area (Å²) in [5.41, 5.74) is 6.14. The summed E-state index contributed by atoms with van der Waals surface area (Å²) in [4.78, 5) is 2.46. The second-order valence-corrected chi connectivity index (χ2v) is 6.55. The summed E-state index contributed by atoms with van der Waals surface area (Å²) in [7, 11) is -0.549. The highest BCUT2D eigenvalue weighted by molar-refractivity contribution is 7.85. The molecule has 2 N–H and O–H groups in total. The van der Waals surface area contributed by atoms with Crippen molar-refractivity contribution in [3.05, 3.63) is 0 Å². The summed E-state index contributed by atoms with van der Waals surface area (Å²) in [6.07, 6.45) is 5.14. The van der Waals surface area contributed by atoms with Crippen LogP contribution in [0.15, 0.2) is 0 Å². The molecule has 2 aliphatic rings. The van der Waals surface area contributed by atoms with Crippen molar-refractivity contribution >= 4 is 10.8 Å². The topological polar surface area (TPSA) is 46.3 Å². The van der Waals surface area contributed by atoms with E-state index < -0.39 is 10.8 Å². The lowest BCUT2D eigenvalue weighted by Gasteiger charge is -2.35. The lowest BCUT2D eigenvalue weighted by Crippen LogP contribution is -2.45. The molecule has 1 saturated heterocycles. The van der Waals surface area contributed by atoms with Crippen molar-refractivity contribution in [2.24, 2.45) is 11.7 Å². The Labute approximate surface area is 94.9 Å². The number of hydrogen-bond acceptors (Lipinski definition) is 3. The molecule has 0 radical (unpaired) electrons.